The van der Waals surface area contributed by atoms with Crippen molar-refractivity contribution in [1.82, 2.24) is 15.2 Å². The normalized spacial score (nSPS) is 14.7. The van der Waals surface area contributed by atoms with Gasteiger partial charge in [-0.2, -0.15) is 0 Å². The van der Waals surface area contributed by atoms with Gasteiger partial charge in [-0.1, -0.05) is 26.8 Å². The molecule has 2 heterocycles. The first-order chi connectivity index (χ1) is 15.7. The summed E-state index contributed by atoms with van der Waals surface area (Å²) >= 11 is 3.59. The first kappa shape index (κ1) is 25.2. The molecule has 7 heteroatoms. The third-order valence-electron chi connectivity index (χ3n) is 6.03. The van der Waals surface area contributed by atoms with Gasteiger partial charge in [-0.05, 0) is 76.4 Å². The number of halogens is 1. The van der Waals surface area contributed by atoms with E-state index in [1.54, 1.807) is 24.5 Å². The second kappa shape index (κ2) is 11.6. The van der Waals surface area contributed by atoms with Crippen LogP contribution in [0.3, 0.4) is 0 Å². The van der Waals surface area contributed by atoms with Crippen LogP contribution in [0.4, 0.5) is 0 Å². The molecular weight excluding hydrogens is 482 g/mol. The molecule has 0 saturated carbocycles. The van der Waals surface area contributed by atoms with Gasteiger partial charge in [0.05, 0.1) is 16.6 Å². The second-order valence-electron chi connectivity index (χ2n) is 9.62. The third kappa shape index (κ3) is 7.56. The van der Waals surface area contributed by atoms with E-state index < -0.39 is 0 Å². The molecule has 0 aliphatic carbocycles. The average Bonchev–Trinajstić information content (AvgIpc) is 2.81. The van der Waals surface area contributed by atoms with Crippen molar-refractivity contribution >= 4 is 27.7 Å². The standard InChI is InChI=1S/C26H34BrN3O3/c1-26(2,3)21-8-9-23(22(27)16-21)33-15-5-7-24(31)30-13-10-19(11-14-30)17-29-25(32)20-6-4-12-28-18-20/h4,6,8-9,12,16,18-19H,5,7,10-11,13-15,17H2,1-3H3,(H,29,32). The molecule has 1 N–H and O–H groups in total. The number of ether oxygens (including phenoxy) is 1. The van der Waals surface area contributed by atoms with Gasteiger partial charge >= 0.3 is 0 Å². The van der Waals surface area contributed by atoms with E-state index in [1.165, 1.54) is 5.56 Å². The van der Waals surface area contributed by atoms with Gasteiger partial charge in [0.2, 0.25) is 5.91 Å². The third-order valence-corrected chi connectivity index (χ3v) is 6.65. The Hall–Kier alpha value is -2.41. The highest BCUT2D eigenvalue weighted by Crippen LogP contribution is 2.31. The van der Waals surface area contributed by atoms with Crippen molar-refractivity contribution in [3.63, 3.8) is 0 Å². The van der Waals surface area contributed by atoms with E-state index in [1.807, 2.05) is 11.0 Å². The van der Waals surface area contributed by atoms with E-state index in [9.17, 15) is 9.59 Å². The van der Waals surface area contributed by atoms with Crippen molar-refractivity contribution in [2.45, 2.75) is 51.9 Å². The molecule has 1 aliphatic rings. The minimum Gasteiger partial charge on any atom is -0.492 e. The molecule has 3 rings (SSSR count). The zero-order chi connectivity index (χ0) is 23.8. The monoisotopic (exact) mass is 515 g/mol. The summed E-state index contributed by atoms with van der Waals surface area (Å²) in [4.78, 5) is 30.6. The van der Waals surface area contributed by atoms with Crippen molar-refractivity contribution in [2.75, 3.05) is 26.2 Å². The number of carbonyl (C=O) groups is 2. The fraction of sp³-hybridized carbons (Fsp3) is 0.500. The van der Waals surface area contributed by atoms with Gasteiger partial charge in [0.15, 0.2) is 0 Å². The molecule has 1 aromatic heterocycles. The number of hydrogen-bond acceptors (Lipinski definition) is 4. The number of benzene rings is 1. The molecule has 2 amide bonds. The van der Waals surface area contributed by atoms with Crippen LogP contribution < -0.4 is 10.1 Å². The molecule has 1 aromatic carbocycles. The van der Waals surface area contributed by atoms with Crippen LogP contribution in [0.15, 0.2) is 47.2 Å². The van der Waals surface area contributed by atoms with Gasteiger partial charge in [-0.15, -0.1) is 0 Å². The van der Waals surface area contributed by atoms with Gasteiger partial charge in [0.1, 0.15) is 5.75 Å². The molecule has 1 fully saturated rings. The fourth-order valence-electron chi connectivity index (χ4n) is 3.87. The van der Waals surface area contributed by atoms with Crippen LogP contribution >= 0.6 is 15.9 Å². The van der Waals surface area contributed by atoms with Crippen molar-refractivity contribution in [2.24, 2.45) is 5.92 Å². The van der Waals surface area contributed by atoms with Gasteiger partial charge in [0.25, 0.3) is 5.91 Å². The Morgan fingerprint density at radius 3 is 2.61 bits per heavy atom. The Labute approximate surface area is 205 Å². The first-order valence-corrected chi connectivity index (χ1v) is 12.4. The molecule has 1 aliphatic heterocycles. The summed E-state index contributed by atoms with van der Waals surface area (Å²) in [6.07, 6.45) is 6.21. The maximum absolute atomic E-state index is 12.6. The molecule has 0 unspecified atom stereocenters. The summed E-state index contributed by atoms with van der Waals surface area (Å²) in [5.74, 6) is 1.29. The predicted octanol–water partition coefficient (Wildman–Crippen LogP) is 4.97. The summed E-state index contributed by atoms with van der Waals surface area (Å²) in [6, 6.07) is 9.70. The van der Waals surface area contributed by atoms with E-state index >= 15 is 0 Å². The Balaban J connectivity index is 1.33. The maximum atomic E-state index is 12.6. The van der Waals surface area contributed by atoms with Gasteiger partial charge in [0, 0.05) is 38.4 Å². The summed E-state index contributed by atoms with van der Waals surface area (Å²) in [5.41, 5.74) is 1.91. The van der Waals surface area contributed by atoms with Crippen LogP contribution in [0.25, 0.3) is 0 Å². The van der Waals surface area contributed by atoms with Crippen molar-refractivity contribution < 1.29 is 14.3 Å². The van der Waals surface area contributed by atoms with Crippen molar-refractivity contribution in [1.29, 1.82) is 0 Å². The number of nitrogens with one attached hydrogen (secondary N) is 1. The summed E-state index contributed by atoms with van der Waals surface area (Å²) < 4.78 is 6.83. The van der Waals surface area contributed by atoms with Gasteiger partial charge < -0.3 is 15.0 Å². The zero-order valence-electron chi connectivity index (χ0n) is 19.8. The number of likely N-dealkylation sites (tertiary alicyclic amines) is 1. The fourth-order valence-corrected chi connectivity index (χ4v) is 4.36. The van der Waals surface area contributed by atoms with Crippen molar-refractivity contribution in [3.8, 4) is 5.75 Å². The first-order valence-electron chi connectivity index (χ1n) is 11.6. The molecule has 2 aromatic rings. The Morgan fingerprint density at radius 2 is 1.97 bits per heavy atom. The summed E-state index contributed by atoms with van der Waals surface area (Å²) in [7, 11) is 0. The van der Waals surface area contributed by atoms with Crippen LogP contribution in [0.5, 0.6) is 5.75 Å². The SMILES string of the molecule is CC(C)(C)c1ccc(OCCCC(=O)N2CCC(CNC(=O)c3cccnc3)CC2)c(Br)c1. The van der Waals surface area contributed by atoms with Crippen LogP contribution in [0, 0.1) is 5.92 Å². The van der Waals surface area contributed by atoms with Crippen LogP contribution in [-0.2, 0) is 10.2 Å². The number of pyridine rings is 1. The number of piperidine rings is 1. The molecule has 0 bridgehead atoms. The lowest BCUT2D eigenvalue weighted by Crippen LogP contribution is -2.41. The minimum absolute atomic E-state index is 0.0892. The minimum atomic E-state index is -0.0960. The van der Waals surface area contributed by atoms with E-state index in [0.717, 1.165) is 36.2 Å². The lowest BCUT2D eigenvalue weighted by atomic mass is 9.87. The van der Waals surface area contributed by atoms with Gasteiger partial charge in [-0.25, -0.2) is 0 Å². The van der Waals surface area contributed by atoms with Crippen LogP contribution in [0.1, 0.15) is 62.4 Å². The van der Waals surface area contributed by atoms with E-state index in [4.69, 9.17) is 4.74 Å². The van der Waals surface area contributed by atoms with E-state index in [-0.39, 0.29) is 17.2 Å². The molecule has 33 heavy (non-hydrogen) atoms. The molecule has 0 radical (unpaired) electrons. The summed E-state index contributed by atoms with van der Waals surface area (Å²) in [6.45, 7) is 9.18. The largest absolute Gasteiger partial charge is 0.492 e. The Morgan fingerprint density at radius 1 is 1.21 bits per heavy atom. The summed E-state index contributed by atoms with van der Waals surface area (Å²) in [5, 5.41) is 2.98. The number of aromatic nitrogens is 1. The molecule has 6 nitrogen and oxygen atoms in total. The number of carbonyl (C=O) groups excluding carboxylic acids is 2. The number of nitrogens with zero attached hydrogens (tertiary/aromatic N) is 2. The lowest BCUT2D eigenvalue weighted by molar-refractivity contribution is -0.132. The number of hydrogen-bond donors (Lipinski definition) is 1. The highest BCUT2D eigenvalue weighted by molar-refractivity contribution is 9.10. The highest BCUT2D eigenvalue weighted by atomic mass is 79.9. The smallest absolute Gasteiger partial charge is 0.252 e. The molecule has 178 valence electrons. The lowest BCUT2D eigenvalue weighted by Gasteiger charge is -2.32. The predicted molar refractivity (Wildman–Crippen MR) is 133 cm³/mol. The Kier molecular flexibility index (Phi) is 8.89. The molecule has 1 saturated heterocycles. The van der Waals surface area contributed by atoms with Gasteiger partial charge in [-0.3, -0.25) is 14.6 Å². The quantitative estimate of drug-likeness (QED) is 0.503. The molecular formula is C26H34BrN3O3. The average molecular weight is 516 g/mol. The van der Waals surface area contributed by atoms with Crippen LogP contribution in [-0.4, -0.2) is 47.9 Å². The highest BCUT2D eigenvalue weighted by Gasteiger charge is 2.23. The van der Waals surface area contributed by atoms with E-state index in [2.05, 4.69) is 59.1 Å². The van der Waals surface area contributed by atoms with Crippen LogP contribution in [0.2, 0.25) is 0 Å². The second-order valence-corrected chi connectivity index (χ2v) is 10.5. The topological polar surface area (TPSA) is 71.5 Å². The number of rotatable bonds is 8. The van der Waals surface area contributed by atoms with Crippen molar-refractivity contribution in [3.05, 3.63) is 58.3 Å². The molecule has 0 spiro atoms. The Bertz CT molecular complexity index is 936. The number of amides is 2. The maximum Gasteiger partial charge on any atom is 0.252 e. The molecule has 0 atom stereocenters. The van der Waals surface area contributed by atoms with E-state index in [0.29, 0.717) is 37.5 Å². The zero-order valence-corrected chi connectivity index (χ0v) is 21.4.